The quantitative estimate of drug-likeness (QED) is 0.677. The summed E-state index contributed by atoms with van der Waals surface area (Å²) in [4.78, 5) is 10.9. The van der Waals surface area contributed by atoms with Gasteiger partial charge in [-0.2, -0.15) is 4.98 Å². The molecule has 7 heteroatoms. The molecule has 140 valence electrons. The number of nitrogens with one attached hydrogen (secondary N) is 1. The largest absolute Gasteiger partial charge is 0.493 e. The highest BCUT2D eigenvalue weighted by Gasteiger charge is 2.14. The van der Waals surface area contributed by atoms with Crippen molar-refractivity contribution in [2.45, 2.75) is 0 Å². The Morgan fingerprint density at radius 3 is 2.15 bits per heavy atom. The number of ether oxygens (including phenoxy) is 3. The number of benzene rings is 2. The first-order valence-corrected chi connectivity index (χ1v) is 8.35. The zero-order valence-electron chi connectivity index (χ0n) is 15.8. The molecule has 0 amide bonds. The summed E-state index contributed by atoms with van der Waals surface area (Å²) in [6.07, 6.45) is 1.71. The molecule has 2 aromatic carbocycles. The maximum absolute atomic E-state index is 5.39. The second-order valence-corrected chi connectivity index (χ2v) is 5.68. The molecule has 0 aliphatic rings. The van der Waals surface area contributed by atoms with Gasteiger partial charge in [0.1, 0.15) is 5.82 Å². The first-order chi connectivity index (χ1) is 13.2. The molecule has 7 nitrogen and oxygen atoms in total. The van der Waals surface area contributed by atoms with E-state index < -0.39 is 0 Å². The number of hydrogen-bond acceptors (Lipinski definition) is 7. The van der Waals surface area contributed by atoms with Crippen molar-refractivity contribution in [3.05, 3.63) is 54.7 Å². The van der Waals surface area contributed by atoms with Crippen molar-refractivity contribution in [2.75, 3.05) is 38.6 Å². The maximum Gasteiger partial charge on any atom is 0.231 e. The lowest BCUT2D eigenvalue weighted by atomic mass is 10.2. The Morgan fingerprint density at radius 1 is 0.889 bits per heavy atom. The van der Waals surface area contributed by atoms with Gasteiger partial charge in [0, 0.05) is 36.8 Å². The number of anilines is 4. The minimum atomic E-state index is 0.540. The molecule has 1 heterocycles. The molecular formula is C20H22N4O3. The van der Waals surface area contributed by atoms with E-state index in [4.69, 9.17) is 14.2 Å². The van der Waals surface area contributed by atoms with E-state index in [-0.39, 0.29) is 0 Å². The highest BCUT2D eigenvalue weighted by atomic mass is 16.5. The summed E-state index contributed by atoms with van der Waals surface area (Å²) in [6, 6.07) is 15.4. The number of methoxy groups -OCH3 is 3. The number of para-hydroxylation sites is 1. The van der Waals surface area contributed by atoms with Crippen LogP contribution in [0.5, 0.6) is 17.2 Å². The van der Waals surface area contributed by atoms with Crippen LogP contribution in [-0.4, -0.2) is 38.3 Å². The Morgan fingerprint density at radius 2 is 1.56 bits per heavy atom. The molecule has 0 spiro atoms. The molecule has 0 aliphatic heterocycles. The van der Waals surface area contributed by atoms with Crippen molar-refractivity contribution < 1.29 is 14.2 Å². The summed E-state index contributed by atoms with van der Waals surface area (Å²) in [6.45, 7) is 0. The standard InChI is InChI=1S/C20H22N4O3/c1-24(15-8-6-5-7-9-15)20-21-11-10-18(23-20)22-14-12-16(25-2)19(27-4)17(13-14)26-3/h5-13H,1-4H3,(H,21,22,23). The maximum atomic E-state index is 5.39. The average molecular weight is 366 g/mol. The first kappa shape index (κ1) is 18.3. The van der Waals surface area contributed by atoms with Gasteiger partial charge in [-0.25, -0.2) is 4.98 Å². The van der Waals surface area contributed by atoms with E-state index in [1.807, 2.05) is 54.4 Å². The number of aromatic nitrogens is 2. The predicted octanol–water partition coefficient (Wildman–Crippen LogP) is 4.01. The first-order valence-electron chi connectivity index (χ1n) is 8.35. The Bertz CT molecular complexity index is 878. The minimum absolute atomic E-state index is 0.540. The van der Waals surface area contributed by atoms with Gasteiger partial charge in [0.25, 0.3) is 0 Å². The fraction of sp³-hybridized carbons (Fsp3) is 0.200. The van der Waals surface area contributed by atoms with E-state index in [1.165, 1.54) is 0 Å². The van der Waals surface area contributed by atoms with E-state index >= 15 is 0 Å². The monoisotopic (exact) mass is 366 g/mol. The molecular weight excluding hydrogens is 344 g/mol. The number of hydrogen-bond donors (Lipinski definition) is 1. The summed E-state index contributed by atoms with van der Waals surface area (Å²) in [5, 5.41) is 3.26. The van der Waals surface area contributed by atoms with Gasteiger partial charge in [-0.3, -0.25) is 0 Å². The lowest BCUT2D eigenvalue weighted by Crippen LogP contribution is -2.13. The minimum Gasteiger partial charge on any atom is -0.493 e. The van der Waals surface area contributed by atoms with Crippen LogP contribution < -0.4 is 24.4 Å². The Hall–Kier alpha value is -3.48. The molecule has 27 heavy (non-hydrogen) atoms. The van der Waals surface area contributed by atoms with Crippen LogP contribution in [0.4, 0.5) is 23.1 Å². The normalized spacial score (nSPS) is 10.2. The van der Waals surface area contributed by atoms with Crippen LogP contribution in [-0.2, 0) is 0 Å². The van der Waals surface area contributed by atoms with Gasteiger partial charge in [0.15, 0.2) is 11.5 Å². The molecule has 0 aliphatic carbocycles. The van der Waals surface area contributed by atoms with Crippen LogP contribution in [0.25, 0.3) is 0 Å². The molecule has 0 fully saturated rings. The third-order valence-electron chi connectivity index (χ3n) is 4.02. The molecule has 0 atom stereocenters. The van der Waals surface area contributed by atoms with Crippen LogP contribution >= 0.6 is 0 Å². The van der Waals surface area contributed by atoms with E-state index in [0.717, 1.165) is 11.4 Å². The van der Waals surface area contributed by atoms with Gasteiger partial charge >= 0.3 is 0 Å². The molecule has 1 aromatic heterocycles. The fourth-order valence-corrected chi connectivity index (χ4v) is 2.65. The molecule has 1 N–H and O–H groups in total. The van der Waals surface area contributed by atoms with Gasteiger partial charge in [0.2, 0.25) is 11.7 Å². The molecule has 0 bridgehead atoms. The molecule has 0 saturated carbocycles. The Kier molecular flexibility index (Phi) is 5.61. The van der Waals surface area contributed by atoms with Gasteiger partial charge in [-0.15, -0.1) is 0 Å². The number of nitrogens with zero attached hydrogens (tertiary/aromatic N) is 3. The average Bonchev–Trinajstić information content (AvgIpc) is 2.73. The molecule has 0 radical (unpaired) electrons. The molecule has 0 unspecified atom stereocenters. The summed E-state index contributed by atoms with van der Waals surface area (Å²) in [7, 11) is 6.66. The summed E-state index contributed by atoms with van der Waals surface area (Å²) in [5.74, 6) is 2.90. The third-order valence-corrected chi connectivity index (χ3v) is 4.02. The van der Waals surface area contributed by atoms with E-state index in [2.05, 4.69) is 15.3 Å². The summed E-state index contributed by atoms with van der Waals surface area (Å²) >= 11 is 0. The zero-order chi connectivity index (χ0) is 19.2. The third kappa shape index (κ3) is 4.03. The van der Waals surface area contributed by atoms with E-state index in [0.29, 0.717) is 29.0 Å². The summed E-state index contributed by atoms with van der Waals surface area (Å²) < 4.78 is 16.1. The SMILES string of the molecule is COc1cc(Nc2ccnc(N(C)c3ccccc3)n2)cc(OC)c1OC. The zero-order valence-corrected chi connectivity index (χ0v) is 15.8. The van der Waals surface area contributed by atoms with Crippen molar-refractivity contribution in [3.63, 3.8) is 0 Å². The molecule has 3 aromatic rings. The van der Waals surface area contributed by atoms with Crippen LogP contribution in [0.2, 0.25) is 0 Å². The topological polar surface area (TPSA) is 68.7 Å². The van der Waals surface area contributed by atoms with Crippen LogP contribution in [0, 0.1) is 0 Å². The van der Waals surface area contributed by atoms with Gasteiger partial charge < -0.3 is 24.4 Å². The Balaban J connectivity index is 1.88. The van der Waals surface area contributed by atoms with Crippen molar-refractivity contribution in [1.82, 2.24) is 9.97 Å². The van der Waals surface area contributed by atoms with Crippen molar-refractivity contribution >= 4 is 23.1 Å². The molecule has 3 rings (SSSR count). The number of rotatable bonds is 7. The van der Waals surface area contributed by atoms with Crippen molar-refractivity contribution in [3.8, 4) is 17.2 Å². The van der Waals surface area contributed by atoms with Gasteiger partial charge in [-0.1, -0.05) is 18.2 Å². The lowest BCUT2D eigenvalue weighted by molar-refractivity contribution is 0.324. The van der Waals surface area contributed by atoms with Crippen LogP contribution in [0.1, 0.15) is 0 Å². The summed E-state index contributed by atoms with van der Waals surface area (Å²) in [5.41, 5.74) is 1.76. The second-order valence-electron chi connectivity index (χ2n) is 5.68. The highest BCUT2D eigenvalue weighted by Crippen LogP contribution is 2.40. The second kappa shape index (κ2) is 8.27. The van der Waals surface area contributed by atoms with Crippen molar-refractivity contribution in [1.29, 1.82) is 0 Å². The lowest BCUT2D eigenvalue weighted by Gasteiger charge is -2.18. The van der Waals surface area contributed by atoms with E-state index in [1.54, 1.807) is 33.6 Å². The van der Waals surface area contributed by atoms with Gasteiger partial charge in [-0.05, 0) is 18.2 Å². The molecule has 0 saturated heterocycles. The Labute approximate surface area is 158 Å². The van der Waals surface area contributed by atoms with Gasteiger partial charge in [0.05, 0.1) is 21.3 Å². The predicted molar refractivity (Wildman–Crippen MR) is 106 cm³/mol. The highest BCUT2D eigenvalue weighted by molar-refractivity contribution is 5.67. The van der Waals surface area contributed by atoms with Crippen molar-refractivity contribution in [2.24, 2.45) is 0 Å². The smallest absolute Gasteiger partial charge is 0.231 e. The van der Waals surface area contributed by atoms with Crippen LogP contribution in [0.3, 0.4) is 0 Å². The van der Waals surface area contributed by atoms with Crippen LogP contribution in [0.15, 0.2) is 54.7 Å². The fourth-order valence-electron chi connectivity index (χ4n) is 2.65. The van der Waals surface area contributed by atoms with E-state index in [9.17, 15) is 0 Å².